The van der Waals surface area contributed by atoms with Crippen LogP contribution in [0.1, 0.15) is 27.7 Å². The fraction of sp³-hybridized carbons (Fsp3) is 0.455. The Kier molecular flexibility index (Phi) is 4.31. The second kappa shape index (κ2) is 4.74. The van der Waals surface area contributed by atoms with Gasteiger partial charge < -0.3 is 0 Å². The summed E-state index contributed by atoms with van der Waals surface area (Å²) in [5, 5.41) is 0. The molecular formula is C11H17N. The standard InChI is InChI=1S/C11H17N/c1-6-7-8-9-12-10(2)11(3,4)5/h6,8-9H,2H2,1,3-5H3. The number of nitrogens with zero attached hydrogens (tertiary/aromatic N) is 1. The first-order chi connectivity index (χ1) is 5.48. The van der Waals surface area contributed by atoms with E-state index < -0.39 is 0 Å². The van der Waals surface area contributed by atoms with Crippen LogP contribution in [0.5, 0.6) is 0 Å². The molecule has 0 unspecified atom stereocenters. The number of hydrogen-bond acceptors (Lipinski definition) is 1. The highest BCUT2D eigenvalue weighted by Gasteiger charge is 2.12. The van der Waals surface area contributed by atoms with Crippen molar-refractivity contribution < 1.29 is 0 Å². The molecule has 0 bridgehead atoms. The van der Waals surface area contributed by atoms with Crippen LogP contribution in [-0.2, 0) is 0 Å². The summed E-state index contributed by atoms with van der Waals surface area (Å²) in [6, 6.07) is 0. The molecule has 0 N–H and O–H groups in total. The van der Waals surface area contributed by atoms with Crippen molar-refractivity contribution in [3.63, 3.8) is 0 Å². The van der Waals surface area contributed by atoms with Gasteiger partial charge in [0, 0.05) is 17.3 Å². The summed E-state index contributed by atoms with van der Waals surface area (Å²) in [7, 11) is 0. The number of aliphatic imine (C=N–C) groups is 1. The van der Waals surface area contributed by atoms with Crippen LogP contribution in [0.15, 0.2) is 35.2 Å². The van der Waals surface area contributed by atoms with Crippen molar-refractivity contribution in [1.82, 2.24) is 0 Å². The van der Waals surface area contributed by atoms with E-state index in [2.05, 4.69) is 38.1 Å². The molecule has 1 nitrogen and oxygen atoms in total. The minimum absolute atomic E-state index is 0.0558. The molecule has 0 amide bonds. The highest BCUT2D eigenvalue weighted by Crippen LogP contribution is 2.23. The molecule has 0 fully saturated rings. The Labute approximate surface area is 75.2 Å². The van der Waals surface area contributed by atoms with Crippen LogP contribution < -0.4 is 0 Å². The minimum atomic E-state index is 0.0558. The SMILES string of the molecule is C=C(N=CC=C=CC)C(C)(C)C. The van der Waals surface area contributed by atoms with Crippen molar-refractivity contribution in [2.24, 2.45) is 10.4 Å². The third-order valence-electron chi connectivity index (χ3n) is 1.43. The maximum atomic E-state index is 4.18. The van der Waals surface area contributed by atoms with E-state index in [-0.39, 0.29) is 5.41 Å². The van der Waals surface area contributed by atoms with E-state index >= 15 is 0 Å². The van der Waals surface area contributed by atoms with Crippen LogP contribution >= 0.6 is 0 Å². The number of hydrogen-bond donors (Lipinski definition) is 0. The van der Waals surface area contributed by atoms with Crippen molar-refractivity contribution in [1.29, 1.82) is 0 Å². The van der Waals surface area contributed by atoms with Gasteiger partial charge in [-0.2, -0.15) is 0 Å². The second-order valence-electron chi connectivity index (χ2n) is 3.60. The van der Waals surface area contributed by atoms with E-state index in [9.17, 15) is 0 Å². The first-order valence-electron chi connectivity index (χ1n) is 4.07. The van der Waals surface area contributed by atoms with Gasteiger partial charge in [-0.1, -0.05) is 27.4 Å². The Morgan fingerprint density at radius 1 is 1.42 bits per heavy atom. The highest BCUT2D eigenvalue weighted by atomic mass is 14.7. The topological polar surface area (TPSA) is 12.4 Å². The van der Waals surface area contributed by atoms with Crippen molar-refractivity contribution in [2.75, 3.05) is 0 Å². The van der Waals surface area contributed by atoms with Gasteiger partial charge in [0.1, 0.15) is 0 Å². The molecule has 0 aliphatic rings. The van der Waals surface area contributed by atoms with Crippen molar-refractivity contribution in [3.8, 4) is 0 Å². The summed E-state index contributed by atoms with van der Waals surface area (Å²) in [5.41, 5.74) is 3.86. The summed E-state index contributed by atoms with van der Waals surface area (Å²) in [6.45, 7) is 12.1. The van der Waals surface area contributed by atoms with Crippen LogP contribution in [-0.4, -0.2) is 6.21 Å². The Balaban J connectivity index is 4.20. The fourth-order valence-electron chi connectivity index (χ4n) is 0.460. The molecule has 0 saturated carbocycles. The lowest BCUT2D eigenvalue weighted by atomic mass is 9.93. The lowest BCUT2D eigenvalue weighted by molar-refractivity contribution is 0.501. The van der Waals surface area contributed by atoms with Gasteiger partial charge in [-0.3, -0.25) is 4.99 Å². The van der Waals surface area contributed by atoms with Crippen molar-refractivity contribution in [2.45, 2.75) is 27.7 Å². The van der Waals surface area contributed by atoms with Gasteiger partial charge in [0.25, 0.3) is 0 Å². The predicted molar refractivity (Wildman–Crippen MR) is 55.4 cm³/mol. The summed E-state index contributed by atoms with van der Waals surface area (Å²) >= 11 is 0. The molecule has 0 heterocycles. The highest BCUT2D eigenvalue weighted by molar-refractivity contribution is 5.71. The Morgan fingerprint density at radius 2 is 2.00 bits per heavy atom. The second-order valence-corrected chi connectivity index (χ2v) is 3.60. The molecule has 66 valence electrons. The summed E-state index contributed by atoms with van der Waals surface area (Å²) in [5.74, 6) is 0. The van der Waals surface area contributed by atoms with Crippen LogP contribution in [0, 0.1) is 5.41 Å². The monoisotopic (exact) mass is 163 g/mol. The van der Waals surface area contributed by atoms with Crippen LogP contribution in [0.25, 0.3) is 0 Å². The molecule has 0 atom stereocenters. The molecule has 0 aromatic heterocycles. The molecule has 0 aromatic carbocycles. The largest absolute Gasteiger partial charge is 0.261 e. The third-order valence-corrected chi connectivity index (χ3v) is 1.43. The summed E-state index contributed by atoms with van der Waals surface area (Å²) < 4.78 is 0. The van der Waals surface area contributed by atoms with E-state index in [4.69, 9.17) is 0 Å². The maximum Gasteiger partial charge on any atom is 0.0385 e. The van der Waals surface area contributed by atoms with E-state index in [1.165, 1.54) is 0 Å². The van der Waals surface area contributed by atoms with Gasteiger partial charge in [-0.25, -0.2) is 0 Å². The molecule has 0 aliphatic carbocycles. The van der Waals surface area contributed by atoms with Crippen molar-refractivity contribution >= 4 is 6.21 Å². The average molecular weight is 163 g/mol. The number of rotatable bonds is 2. The van der Waals surface area contributed by atoms with Crippen molar-refractivity contribution in [3.05, 3.63) is 30.2 Å². The number of allylic oxidation sites excluding steroid dienone is 2. The normalized spacial score (nSPS) is 11.0. The first kappa shape index (κ1) is 10.9. The lowest BCUT2D eigenvalue weighted by Gasteiger charge is -2.16. The first-order valence-corrected chi connectivity index (χ1v) is 4.07. The van der Waals surface area contributed by atoms with Gasteiger partial charge in [-0.15, -0.1) is 5.73 Å². The molecule has 1 heteroatoms. The smallest absolute Gasteiger partial charge is 0.0385 e. The van der Waals surface area contributed by atoms with Crippen LogP contribution in [0.2, 0.25) is 0 Å². The fourth-order valence-corrected chi connectivity index (χ4v) is 0.460. The maximum absolute atomic E-state index is 4.18. The van der Waals surface area contributed by atoms with Gasteiger partial charge >= 0.3 is 0 Å². The zero-order valence-electron chi connectivity index (χ0n) is 8.39. The third kappa shape index (κ3) is 4.70. The van der Waals surface area contributed by atoms with Crippen LogP contribution in [0.4, 0.5) is 0 Å². The Hall–Kier alpha value is -1.07. The van der Waals surface area contributed by atoms with Gasteiger partial charge in [0.05, 0.1) is 0 Å². The zero-order valence-corrected chi connectivity index (χ0v) is 8.39. The molecule has 0 radical (unpaired) electrons. The molecule has 0 saturated heterocycles. The van der Waals surface area contributed by atoms with E-state index in [0.29, 0.717) is 0 Å². The molecule has 0 aliphatic heterocycles. The van der Waals surface area contributed by atoms with E-state index in [1.54, 1.807) is 12.3 Å². The van der Waals surface area contributed by atoms with E-state index in [1.807, 2.05) is 13.0 Å². The summed E-state index contributed by atoms with van der Waals surface area (Å²) in [4.78, 5) is 4.18. The molecule has 0 rings (SSSR count). The molecule has 0 aromatic rings. The Bertz CT molecular complexity index is 232. The quantitative estimate of drug-likeness (QED) is 0.437. The Morgan fingerprint density at radius 3 is 2.42 bits per heavy atom. The van der Waals surface area contributed by atoms with Crippen LogP contribution in [0.3, 0.4) is 0 Å². The molecular weight excluding hydrogens is 146 g/mol. The minimum Gasteiger partial charge on any atom is -0.261 e. The zero-order chi connectivity index (χ0) is 9.61. The predicted octanol–water partition coefficient (Wildman–Crippen LogP) is 3.35. The average Bonchev–Trinajstić information content (AvgIpc) is 1.96. The van der Waals surface area contributed by atoms with Gasteiger partial charge in [0.2, 0.25) is 0 Å². The van der Waals surface area contributed by atoms with E-state index in [0.717, 1.165) is 5.70 Å². The lowest BCUT2D eigenvalue weighted by Crippen LogP contribution is -2.05. The van der Waals surface area contributed by atoms with Gasteiger partial charge in [-0.05, 0) is 19.1 Å². The molecule has 0 spiro atoms. The molecule has 12 heavy (non-hydrogen) atoms. The van der Waals surface area contributed by atoms with Gasteiger partial charge in [0.15, 0.2) is 0 Å². The summed E-state index contributed by atoms with van der Waals surface area (Å²) in [6.07, 6.45) is 5.33.